The number of nitrogen functional groups attached to an aromatic ring is 1. The van der Waals surface area contributed by atoms with Crippen LogP contribution in [0.25, 0.3) is 0 Å². The summed E-state index contributed by atoms with van der Waals surface area (Å²) in [5, 5.41) is 0. The average Bonchev–Trinajstić information content (AvgIpc) is 2.04. The van der Waals surface area contributed by atoms with E-state index in [4.69, 9.17) is 5.73 Å². The zero-order valence-corrected chi connectivity index (χ0v) is 7.22. The Hall–Kier alpha value is -1.24. The average molecular weight is 149 g/mol. The summed E-state index contributed by atoms with van der Waals surface area (Å²) in [6.07, 6.45) is 0. The molecule has 0 radical (unpaired) electrons. The number of rotatable bonds is 0. The highest BCUT2D eigenvalue weighted by Gasteiger charge is 1.92. The molecule has 0 aliphatic rings. The topological polar surface area (TPSA) is 26.0 Å². The van der Waals surface area contributed by atoms with Gasteiger partial charge in [-0.15, -0.1) is 13.2 Å². The summed E-state index contributed by atoms with van der Waals surface area (Å²) in [6, 6.07) is 5.95. The largest absolute Gasteiger partial charge is 0.399 e. The van der Waals surface area contributed by atoms with Gasteiger partial charge in [-0.1, -0.05) is 12.1 Å². The summed E-state index contributed by atoms with van der Waals surface area (Å²) in [7, 11) is 0. The molecule has 11 heavy (non-hydrogen) atoms. The standard InChI is InChI=1S/C8H11N.C2H4/c1-6-4-3-5-8(9)7(6)2;1-2/h3-5H,9H2,1-2H3;1-2H2. The van der Waals surface area contributed by atoms with Gasteiger partial charge in [-0.05, 0) is 31.0 Å². The molecule has 0 heterocycles. The van der Waals surface area contributed by atoms with Crippen molar-refractivity contribution in [3.8, 4) is 0 Å². The third-order valence-corrected chi connectivity index (χ3v) is 1.65. The van der Waals surface area contributed by atoms with Gasteiger partial charge in [0.1, 0.15) is 0 Å². The van der Waals surface area contributed by atoms with E-state index in [1.807, 2.05) is 19.1 Å². The molecule has 60 valence electrons. The first-order valence-corrected chi connectivity index (χ1v) is 3.53. The summed E-state index contributed by atoms with van der Waals surface area (Å²) in [5.41, 5.74) is 8.96. The van der Waals surface area contributed by atoms with E-state index in [2.05, 4.69) is 26.1 Å². The number of anilines is 1. The van der Waals surface area contributed by atoms with Crippen LogP contribution in [0.15, 0.2) is 31.4 Å². The summed E-state index contributed by atoms with van der Waals surface area (Å²) < 4.78 is 0. The van der Waals surface area contributed by atoms with Crippen LogP contribution >= 0.6 is 0 Å². The summed E-state index contributed by atoms with van der Waals surface area (Å²) in [4.78, 5) is 0. The van der Waals surface area contributed by atoms with E-state index in [9.17, 15) is 0 Å². The first-order valence-electron chi connectivity index (χ1n) is 3.53. The maximum absolute atomic E-state index is 5.62. The minimum Gasteiger partial charge on any atom is -0.399 e. The second kappa shape index (κ2) is 4.56. The normalized spacial score (nSPS) is 8.18. The van der Waals surface area contributed by atoms with Gasteiger partial charge in [0.15, 0.2) is 0 Å². The zero-order chi connectivity index (χ0) is 8.85. The quantitative estimate of drug-likeness (QED) is 0.445. The van der Waals surface area contributed by atoms with Gasteiger partial charge in [0.05, 0.1) is 0 Å². The molecule has 1 aromatic rings. The molecule has 0 fully saturated rings. The van der Waals surface area contributed by atoms with Crippen molar-refractivity contribution >= 4 is 5.69 Å². The van der Waals surface area contributed by atoms with E-state index in [-0.39, 0.29) is 0 Å². The molecule has 1 rings (SSSR count). The number of hydrogen-bond donors (Lipinski definition) is 1. The summed E-state index contributed by atoms with van der Waals surface area (Å²) in [6.45, 7) is 10.1. The lowest BCUT2D eigenvalue weighted by atomic mass is 10.1. The van der Waals surface area contributed by atoms with E-state index in [0.29, 0.717) is 0 Å². The second-order valence-electron chi connectivity index (χ2n) is 2.29. The fourth-order valence-electron chi connectivity index (χ4n) is 0.774. The minimum absolute atomic E-state index is 0.884. The van der Waals surface area contributed by atoms with Crippen LogP contribution in [0.2, 0.25) is 0 Å². The van der Waals surface area contributed by atoms with Crippen molar-refractivity contribution in [1.82, 2.24) is 0 Å². The van der Waals surface area contributed by atoms with Crippen molar-refractivity contribution in [3.63, 3.8) is 0 Å². The lowest BCUT2D eigenvalue weighted by Crippen LogP contribution is -1.90. The van der Waals surface area contributed by atoms with Gasteiger partial charge in [-0.3, -0.25) is 0 Å². The monoisotopic (exact) mass is 149 g/mol. The van der Waals surface area contributed by atoms with Gasteiger partial charge in [-0.2, -0.15) is 0 Å². The van der Waals surface area contributed by atoms with Crippen LogP contribution in [0, 0.1) is 13.8 Å². The molecule has 0 aromatic heterocycles. The van der Waals surface area contributed by atoms with E-state index in [1.54, 1.807) is 0 Å². The molecule has 1 heteroatoms. The van der Waals surface area contributed by atoms with Gasteiger partial charge in [0.25, 0.3) is 0 Å². The molecule has 0 saturated heterocycles. The molecule has 0 atom stereocenters. The third kappa shape index (κ3) is 2.46. The molecule has 0 bridgehead atoms. The Balaban J connectivity index is 0.000000461. The van der Waals surface area contributed by atoms with Gasteiger partial charge in [0, 0.05) is 5.69 Å². The maximum atomic E-state index is 5.62. The molecule has 0 unspecified atom stereocenters. The molecule has 0 amide bonds. The lowest BCUT2D eigenvalue weighted by molar-refractivity contribution is 1.35. The van der Waals surface area contributed by atoms with Crippen LogP contribution in [0.4, 0.5) is 5.69 Å². The van der Waals surface area contributed by atoms with E-state index in [1.165, 1.54) is 11.1 Å². The van der Waals surface area contributed by atoms with E-state index < -0.39 is 0 Å². The van der Waals surface area contributed by atoms with Crippen molar-refractivity contribution in [2.24, 2.45) is 0 Å². The number of nitrogens with two attached hydrogens (primary N) is 1. The SMILES string of the molecule is C=C.Cc1cccc(N)c1C. The van der Waals surface area contributed by atoms with Crippen LogP contribution < -0.4 is 5.73 Å². The van der Waals surface area contributed by atoms with Crippen LogP contribution in [-0.2, 0) is 0 Å². The molecule has 0 saturated carbocycles. The first kappa shape index (κ1) is 9.76. The minimum atomic E-state index is 0.884. The summed E-state index contributed by atoms with van der Waals surface area (Å²) in [5.74, 6) is 0. The van der Waals surface area contributed by atoms with Crippen LogP contribution in [-0.4, -0.2) is 0 Å². The fourth-order valence-corrected chi connectivity index (χ4v) is 0.774. The number of aryl methyl sites for hydroxylation is 1. The van der Waals surface area contributed by atoms with Crippen molar-refractivity contribution < 1.29 is 0 Å². The smallest absolute Gasteiger partial charge is 0.0346 e. The van der Waals surface area contributed by atoms with Crippen molar-refractivity contribution in [2.45, 2.75) is 13.8 Å². The van der Waals surface area contributed by atoms with Crippen LogP contribution in [0.3, 0.4) is 0 Å². The molecular formula is C10H15N. The first-order chi connectivity index (χ1) is 5.22. The Labute approximate surface area is 68.5 Å². The van der Waals surface area contributed by atoms with Gasteiger partial charge < -0.3 is 5.73 Å². The Kier molecular flexibility index (Phi) is 4.04. The molecule has 0 aliphatic carbocycles. The predicted molar refractivity (Wildman–Crippen MR) is 51.6 cm³/mol. The van der Waals surface area contributed by atoms with Gasteiger partial charge in [-0.25, -0.2) is 0 Å². The third-order valence-electron chi connectivity index (χ3n) is 1.65. The van der Waals surface area contributed by atoms with Crippen molar-refractivity contribution in [1.29, 1.82) is 0 Å². The Bertz CT molecular complexity index is 208. The van der Waals surface area contributed by atoms with Gasteiger partial charge in [0.2, 0.25) is 0 Å². The van der Waals surface area contributed by atoms with E-state index in [0.717, 1.165) is 5.69 Å². The van der Waals surface area contributed by atoms with Crippen molar-refractivity contribution in [3.05, 3.63) is 42.5 Å². The Morgan fingerprint density at radius 3 is 2.09 bits per heavy atom. The number of benzene rings is 1. The Morgan fingerprint density at radius 1 is 1.18 bits per heavy atom. The van der Waals surface area contributed by atoms with E-state index >= 15 is 0 Å². The summed E-state index contributed by atoms with van der Waals surface area (Å²) >= 11 is 0. The molecule has 0 aliphatic heterocycles. The molecule has 1 nitrogen and oxygen atoms in total. The fraction of sp³-hybridized carbons (Fsp3) is 0.200. The molecule has 0 spiro atoms. The molecular weight excluding hydrogens is 134 g/mol. The zero-order valence-electron chi connectivity index (χ0n) is 7.22. The lowest BCUT2D eigenvalue weighted by Gasteiger charge is -2.00. The van der Waals surface area contributed by atoms with Crippen molar-refractivity contribution in [2.75, 3.05) is 5.73 Å². The maximum Gasteiger partial charge on any atom is 0.0346 e. The highest BCUT2D eigenvalue weighted by atomic mass is 14.5. The Morgan fingerprint density at radius 2 is 1.73 bits per heavy atom. The number of hydrogen-bond acceptors (Lipinski definition) is 1. The predicted octanol–water partition coefficient (Wildman–Crippen LogP) is 2.69. The second-order valence-corrected chi connectivity index (χ2v) is 2.29. The highest BCUT2D eigenvalue weighted by molar-refractivity contribution is 5.49. The highest BCUT2D eigenvalue weighted by Crippen LogP contribution is 2.13. The molecule has 1 aromatic carbocycles. The molecule has 2 N–H and O–H groups in total. The van der Waals surface area contributed by atoms with Crippen LogP contribution in [0.5, 0.6) is 0 Å². The van der Waals surface area contributed by atoms with Gasteiger partial charge >= 0.3 is 0 Å². The van der Waals surface area contributed by atoms with Crippen LogP contribution in [0.1, 0.15) is 11.1 Å².